The Morgan fingerprint density at radius 2 is 2.28 bits per heavy atom. The van der Waals surface area contributed by atoms with Gasteiger partial charge >= 0.3 is 0 Å². The van der Waals surface area contributed by atoms with E-state index in [-0.39, 0.29) is 0 Å². The Morgan fingerprint density at radius 3 is 3.00 bits per heavy atom. The summed E-state index contributed by atoms with van der Waals surface area (Å²) in [7, 11) is 0. The first kappa shape index (κ1) is 12.2. The summed E-state index contributed by atoms with van der Waals surface area (Å²) in [5.74, 6) is 0. The molecule has 3 nitrogen and oxygen atoms in total. The van der Waals surface area contributed by atoms with Crippen molar-refractivity contribution in [3.63, 3.8) is 0 Å². The molecule has 96 valence electrons. The van der Waals surface area contributed by atoms with Crippen molar-refractivity contribution >= 4 is 34.9 Å². The van der Waals surface area contributed by atoms with Crippen molar-refractivity contribution in [1.82, 2.24) is 9.55 Å². The van der Waals surface area contributed by atoms with Gasteiger partial charge in [-0.2, -0.15) is 0 Å². The number of fused-ring (bicyclic) bond motifs is 1. The van der Waals surface area contributed by atoms with Crippen LogP contribution >= 0.6 is 23.8 Å². The van der Waals surface area contributed by atoms with Crippen LogP contribution in [0.25, 0.3) is 11.0 Å². The van der Waals surface area contributed by atoms with Crippen LogP contribution in [0.15, 0.2) is 18.2 Å². The van der Waals surface area contributed by atoms with E-state index in [1.807, 2.05) is 25.1 Å². The van der Waals surface area contributed by atoms with E-state index >= 15 is 0 Å². The summed E-state index contributed by atoms with van der Waals surface area (Å²) >= 11 is 11.5. The molecule has 3 rings (SSSR count). The van der Waals surface area contributed by atoms with E-state index in [2.05, 4.69) is 9.55 Å². The zero-order valence-corrected chi connectivity index (χ0v) is 11.7. The molecule has 1 fully saturated rings. The Morgan fingerprint density at radius 1 is 1.50 bits per heavy atom. The van der Waals surface area contributed by atoms with Gasteiger partial charge in [-0.1, -0.05) is 11.6 Å². The first-order valence-electron chi connectivity index (χ1n) is 6.20. The minimum atomic E-state index is 0.381. The maximum Gasteiger partial charge on any atom is 0.178 e. The Bertz CT molecular complexity index is 627. The van der Waals surface area contributed by atoms with E-state index in [4.69, 9.17) is 28.6 Å². The standard InChI is InChI=1S/C13H15ClN2OS/c1-2-17-10-6-9(7-10)16-12-5-8(14)3-4-11(12)15-13(16)18/h3-5,9-10H,2,6-7H2,1H3,(H,15,18). The highest BCUT2D eigenvalue weighted by Crippen LogP contribution is 2.37. The zero-order chi connectivity index (χ0) is 12.7. The summed E-state index contributed by atoms with van der Waals surface area (Å²) in [6.07, 6.45) is 2.44. The van der Waals surface area contributed by atoms with Crippen molar-refractivity contribution in [2.75, 3.05) is 6.61 Å². The predicted molar refractivity (Wildman–Crippen MR) is 75.8 cm³/mol. The molecule has 18 heavy (non-hydrogen) atoms. The Kier molecular flexibility index (Phi) is 3.18. The molecule has 0 bridgehead atoms. The molecule has 0 spiro atoms. The molecular formula is C13H15ClN2OS. The number of H-pyrrole nitrogens is 1. The third-order valence-corrected chi connectivity index (χ3v) is 4.05. The summed E-state index contributed by atoms with van der Waals surface area (Å²) in [6, 6.07) is 6.25. The van der Waals surface area contributed by atoms with Crippen LogP contribution in [-0.4, -0.2) is 22.3 Å². The summed E-state index contributed by atoms with van der Waals surface area (Å²) in [6.45, 7) is 2.81. The highest BCUT2D eigenvalue weighted by Gasteiger charge is 2.32. The molecule has 0 aliphatic heterocycles. The van der Waals surface area contributed by atoms with E-state index in [1.54, 1.807) is 0 Å². The molecule has 0 radical (unpaired) electrons. The van der Waals surface area contributed by atoms with Crippen LogP contribution in [0.1, 0.15) is 25.8 Å². The molecule has 1 saturated carbocycles. The second-order valence-corrected chi connectivity index (χ2v) is 5.49. The molecule has 2 aromatic rings. The Labute approximate surface area is 116 Å². The maximum absolute atomic E-state index is 6.06. The summed E-state index contributed by atoms with van der Waals surface area (Å²) in [4.78, 5) is 3.23. The molecule has 1 aromatic carbocycles. The number of halogens is 1. The number of ether oxygens (including phenoxy) is 1. The van der Waals surface area contributed by atoms with Crippen LogP contribution in [0.2, 0.25) is 5.02 Å². The van der Waals surface area contributed by atoms with Gasteiger partial charge in [0.05, 0.1) is 17.1 Å². The highest BCUT2D eigenvalue weighted by atomic mass is 35.5. The lowest BCUT2D eigenvalue weighted by Gasteiger charge is -2.36. The van der Waals surface area contributed by atoms with Gasteiger partial charge in [-0.05, 0) is 50.2 Å². The number of benzene rings is 1. The molecule has 0 saturated heterocycles. The van der Waals surface area contributed by atoms with Crippen LogP contribution in [0, 0.1) is 4.77 Å². The SMILES string of the molecule is CCOC1CC(n2c(=S)[nH]c3ccc(Cl)cc32)C1. The maximum atomic E-state index is 6.06. The normalized spacial score (nSPS) is 23.2. The average molecular weight is 283 g/mol. The van der Waals surface area contributed by atoms with Crippen LogP contribution < -0.4 is 0 Å². The van der Waals surface area contributed by atoms with Gasteiger partial charge in [0.2, 0.25) is 0 Å². The molecule has 1 aliphatic carbocycles. The van der Waals surface area contributed by atoms with Crippen LogP contribution in [0.3, 0.4) is 0 Å². The predicted octanol–water partition coefficient (Wildman–Crippen LogP) is 4.09. The minimum Gasteiger partial charge on any atom is -0.378 e. The van der Waals surface area contributed by atoms with Gasteiger partial charge in [-0.15, -0.1) is 0 Å². The molecular weight excluding hydrogens is 268 g/mol. The van der Waals surface area contributed by atoms with E-state index in [0.29, 0.717) is 12.1 Å². The van der Waals surface area contributed by atoms with Crippen molar-refractivity contribution in [2.45, 2.75) is 31.9 Å². The number of aromatic nitrogens is 2. The molecule has 1 aliphatic rings. The van der Waals surface area contributed by atoms with Crippen LogP contribution in [0.5, 0.6) is 0 Å². The monoisotopic (exact) mass is 282 g/mol. The fourth-order valence-electron chi connectivity index (χ4n) is 2.58. The molecule has 1 N–H and O–H groups in total. The molecule has 5 heteroatoms. The van der Waals surface area contributed by atoms with Gasteiger partial charge in [0.15, 0.2) is 4.77 Å². The molecule has 1 heterocycles. The fraction of sp³-hybridized carbons (Fsp3) is 0.462. The first-order chi connectivity index (χ1) is 8.69. The lowest BCUT2D eigenvalue weighted by molar-refractivity contribution is -0.0190. The minimum absolute atomic E-state index is 0.381. The zero-order valence-electron chi connectivity index (χ0n) is 10.1. The molecule has 0 unspecified atom stereocenters. The fourth-order valence-corrected chi connectivity index (χ4v) is 3.10. The van der Waals surface area contributed by atoms with Gasteiger partial charge < -0.3 is 14.3 Å². The first-order valence-corrected chi connectivity index (χ1v) is 6.99. The van der Waals surface area contributed by atoms with E-state index in [9.17, 15) is 0 Å². The second-order valence-electron chi connectivity index (χ2n) is 4.66. The topological polar surface area (TPSA) is 29.9 Å². The Hall–Kier alpha value is -0.840. The largest absolute Gasteiger partial charge is 0.378 e. The number of rotatable bonds is 3. The van der Waals surface area contributed by atoms with E-state index in [0.717, 1.165) is 40.3 Å². The van der Waals surface area contributed by atoms with Crippen molar-refractivity contribution in [2.24, 2.45) is 0 Å². The summed E-state index contributed by atoms with van der Waals surface area (Å²) in [5.41, 5.74) is 2.14. The van der Waals surface area contributed by atoms with Crippen molar-refractivity contribution in [3.05, 3.63) is 28.0 Å². The van der Waals surface area contributed by atoms with Gasteiger partial charge in [0.1, 0.15) is 0 Å². The second kappa shape index (κ2) is 4.68. The van der Waals surface area contributed by atoms with Crippen LogP contribution in [0.4, 0.5) is 0 Å². The number of nitrogens with zero attached hydrogens (tertiary/aromatic N) is 1. The van der Waals surface area contributed by atoms with Crippen molar-refractivity contribution < 1.29 is 4.74 Å². The van der Waals surface area contributed by atoms with Crippen molar-refractivity contribution in [3.8, 4) is 0 Å². The van der Waals surface area contributed by atoms with Crippen molar-refractivity contribution in [1.29, 1.82) is 0 Å². The van der Waals surface area contributed by atoms with Gasteiger partial charge in [0, 0.05) is 17.7 Å². The van der Waals surface area contributed by atoms with E-state index < -0.39 is 0 Å². The summed E-state index contributed by atoms with van der Waals surface area (Å²) in [5, 5.41) is 0.742. The smallest absolute Gasteiger partial charge is 0.178 e. The third-order valence-electron chi connectivity index (χ3n) is 3.52. The quantitative estimate of drug-likeness (QED) is 0.859. The van der Waals surface area contributed by atoms with Crippen LogP contribution in [-0.2, 0) is 4.74 Å². The summed E-state index contributed by atoms with van der Waals surface area (Å²) < 4.78 is 8.54. The number of hydrogen-bond acceptors (Lipinski definition) is 2. The van der Waals surface area contributed by atoms with E-state index in [1.165, 1.54) is 0 Å². The van der Waals surface area contributed by atoms with Gasteiger partial charge in [-0.3, -0.25) is 0 Å². The Balaban J connectivity index is 1.95. The highest BCUT2D eigenvalue weighted by molar-refractivity contribution is 7.71. The van der Waals surface area contributed by atoms with Gasteiger partial charge in [-0.25, -0.2) is 0 Å². The molecule has 1 aromatic heterocycles. The third kappa shape index (κ3) is 1.98. The molecule has 0 amide bonds. The molecule has 0 atom stereocenters. The lowest BCUT2D eigenvalue weighted by atomic mass is 9.89. The number of hydrogen-bond donors (Lipinski definition) is 1. The van der Waals surface area contributed by atoms with Gasteiger partial charge in [0.25, 0.3) is 0 Å². The number of imidazole rings is 1. The number of nitrogens with one attached hydrogen (secondary N) is 1. The average Bonchev–Trinajstić information content (AvgIpc) is 2.59. The number of aromatic amines is 1. The lowest BCUT2D eigenvalue weighted by Crippen LogP contribution is -2.33.